The van der Waals surface area contributed by atoms with Gasteiger partial charge in [0.05, 0.1) is 22.8 Å². The first-order chi connectivity index (χ1) is 47.2. The summed E-state index contributed by atoms with van der Waals surface area (Å²) in [6.45, 7) is 54.7. The highest BCUT2D eigenvalue weighted by molar-refractivity contribution is 6.16. The predicted molar refractivity (Wildman–Crippen MR) is 427 cm³/mol. The van der Waals surface area contributed by atoms with Crippen LogP contribution in [0.1, 0.15) is 276 Å². The Morgan fingerprint density at radius 1 is 0.294 bits per heavy atom. The van der Waals surface area contributed by atoms with Gasteiger partial charge in [0.1, 0.15) is 0 Å². The van der Waals surface area contributed by atoms with Crippen molar-refractivity contribution in [1.29, 1.82) is 0 Å². The van der Waals surface area contributed by atoms with Crippen LogP contribution in [0.3, 0.4) is 0 Å². The van der Waals surface area contributed by atoms with Gasteiger partial charge < -0.3 is 24.8 Å². The smallest absolute Gasteiger partial charge is 0.186 e. The lowest BCUT2D eigenvalue weighted by Gasteiger charge is -2.32. The fraction of sp³-hybridized carbons (Fsp3) is 0.462. The molecular formula is C93H119N5O4. The average molecular weight is 1370 g/mol. The Balaban J connectivity index is 1.49. The number of nitrogen functional groups attached to an aromatic ring is 1. The van der Waals surface area contributed by atoms with Crippen molar-refractivity contribution in [2.24, 2.45) is 43.3 Å². The molecule has 1 aliphatic heterocycles. The largest absolute Gasteiger partial charge is 0.399 e. The maximum Gasteiger partial charge on any atom is 0.186 e. The zero-order valence-corrected chi connectivity index (χ0v) is 66.7. The highest BCUT2D eigenvalue weighted by Gasteiger charge is 2.41. The summed E-state index contributed by atoms with van der Waals surface area (Å²) in [6.07, 6.45) is 26.4. The number of H-pyrrole nitrogens is 2. The van der Waals surface area contributed by atoms with Gasteiger partial charge in [-0.05, 0) is 187 Å². The molecule has 0 saturated carbocycles. The van der Waals surface area contributed by atoms with Gasteiger partial charge in [-0.25, -0.2) is 0 Å². The number of anilines is 1. The van der Waals surface area contributed by atoms with Crippen LogP contribution < -0.4 is 5.73 Å². The van der Waals surface area contributed by atoms with E-state index in [4.69, 9.17) is 5.73 Å². The van der Waals surface area contributed by atoms with Crippen LogP contribution in [0.5, 0.6) is 0 Å². The van der Waals surface area contributed by atoms with Crippen LogP contribution in [0.25, 0.3) is 22.3 Å². The van der Waals surface area contributed by atoms with Crippen molar-refractivity contribution in [3.8, 4) is 0 Å². The first-order valence-electron chi connectivity index (χ1n) is 37.8. The topological polar surface area (TPSA) is 136 Å². The Morgan fingerprint density at radius 3 is 0.755 bits per heavy atom. The van der Waals surface area contributed by atoms with Gasteiger partial charge in [0, 0.05) is 108 Å². The van der Waals surface area contributed by atoms with E-state index in [0.717, 1.165) is 160 Å². The van der Waals surface area contributed by atoms with Crippen molar-refractivity contribution >= 4 is 51.1 Å². The lowest BCUT2D eigenvalue weighted by atomic mass is 9.71. The lowest BCUT2D eigenvalue weighted by molar-refractivity contribution is -0.114. The number of rotatable bonds is 11. The molecule has 5 aromatic rings. The Labute approximate surface area is 612 Å². The molecular weight excluding hydrogens is 1250 g/mol. The molecule has 4 aliphatic carbocycles. The summed E-state index contributed by atoms with van der Waals surface area (Å²) in [7, 11) is 0. The standard InChI is InChI=1S/C93H119N5O4/c1-26-27-28-29-30-31-32-33-46-97-74-42-43-75(97)79(58-49-64(88(8,9)10)83(100)65(50-58)89(11,12)13)71-39-41-73(96-71)81(60-53-68(92(20,21)22)85(102)69(54-60)93(23,24)25)77-45-44-76(98(77)55-56-34-36-61(94)37-35-56)80(59-51-66(90(14,15)16)84(101)67(52-59)91(17,18)19)72-40-38-70(95-72)78(74)57-47-62(86(2,3)4)82(99)63(48-57)87(5,6)7/h34-45,47-54,95-96H,26-33,46,55,94H2,1-25H3. The molecule has 0 atom stereocenters. The molecule has 5 heterocycles. The molecule has 10 rings (SSSR count). The van der Waals surface area contributed by atoms with Crippen LogP contribution in [0.2, 0.25) is 0 Å². The second-order valence-electron chi connectivity index (χ2n) is 37.8. The number of benzene rings is 1. The molecule has 4 aromatic heterocycles. The second kappa shape index (κ2) is 27.7. The average Bonchev–Trinajstić information content (AvgIpc) is 1.50. The molecule has 102 heavy (non-hydrogen) atoms. The number of aromatic nitrogens is 4. The van der Waals surface area contributed by atoms with Gasteiger partial charge in [0.25, 0.3) is 0 Å². The summed E-state index contributed by atoms with van der Waals surface area (Å²) in [6, 6.07) is 26.1. The van der Waals surface area contributed by atoms with Crippen molar-refractivity contribution in [2.45, 2.75) is 238 Å². The number of unbranched alkanes of at least 4 members (excludes halogenated alkanes) is 7. The molecule has 9 nitrogen and oxygen atoms in total. The number of carbonyl (C=O) groups excluding carboxylic acids is 4. The highest BCUT2D eigenvalue weighted by Crippen LogP contribution is 2.50. The number of hydrogen-bond acceptors (Lipinski definition) is 5. The number of nitrogens with zero attached hydrogens (tertiary/aromatic N) is 2. The van der Waals surface area contributed by atoms with E-state index in [9.17, 15) is 0 Å². The van der Waals surface area contributed by atoms with Crippen LogP contribution in [-0.2, 0) is 32.3 Å². The fourth-order valence-electron chi connectivity index (χ4n) is 15.1. The number of Topliss-reactive ketones (excluding diaryl/α,β-unsaturated/α-hetero) is 4. The number of hydrogen-bond donors (Lipinski definition) is 3. The first-order valence-corrected chi connectivity index (χ1v) is 37.8. The van der Waals surface area contributed by atoms with Crippen LogP contribution >= 0.6 is 0 Å². The van der Waals surface area contributed by atoms with Gasteiger partial charge in [-0.15, -0.1) is 0 Å². The van der Waals surface area contributed by atoms with E-state index >= 15 is 19.2 Å². The van der Waals surface area contributed by atoms with Crippen molar-refractivity contribution in [3.05, 3.63) is 239 Å². The predicted octanol–water partition coefficient (Wildman–Crippen LogP) is 23.3. The Bertz CT molecular complexity index is 4210. The Hall–Kier alpha value is -8.30. The van der Waals surface area contributed by atoms with Gasteiger partial charge in [0.15, 0.2) is 23.1 Å². The number of carbonyl (C=O) groups is 4. The highest BCUT2D eigenvalue weighted by atomic mass is 16.1. The normalized spacial score (nSPS) is 17.3. The monoisotopic (exact) mass is 1370 g/mol. The van der Waals surface area contributed by atoms with Gasteiger partial charge in [-0.3, -0.25) is 19.2 Å². The van der Waals surface area contributed by atoms with E-state index in [1.165, 1.54) is 32.1 Å². The molecule has 0 spiro atoms. The summed E-state index contributed by atoms with van der Waals surface area (Å²) in [5.74, 6) is 0.202. The van der Waals surface area contributed by atoms with E-state index < -0.39 is 43.3 Å². The van der Waals surface area contributed by atoms with Gasteiger partial charge in [0.2, 0.25) is 0 Å². The molecule has 0 saturated heterocycles. The molecule has 1 aromatic carbocycles. The molecule has 8 bridgehead atoms. The molecule has 5 aliphatic rings. The van der Waals surface area contributed by atoms with E-state index in [1.807, 2.05) is 12.1 Å². The number of aromatic amines is 2. The molecule has 0 fully saturated rings. The fourth-order valence-corrected chi connectivity index (χ4v) is 15.1. The summed E-state index contributed by atoms with van der Waals surface area (Å²) in [5.41, 5.74) is 24.4. The van der Waals surface area contributed by atoms with Crippen molar-refractivity contribution < 1.29 is 19.2 Å². The summed E-state index contributed by atoms with van der Waals surface area (Å²) < 4.78 is 4.97. The van der Waals surface area contributed by atoms with Gasteiger partial charge in [-0.2, -0.15) is 0 Å². The zero-order valence-electron chi connectivity index (χ0n) is 66.7. The molecule has 0 amide bonds. The maximum absolute atomic E-state index is 15.2. The quantitative estimate of drug-likeness (QED) is 0.0877. The summed E-state index contributed by atoms with van der Waals surface area (Å²) in [4.78, 5) is 69.3. The minimum Gasteiger partial charge on any atom is -0.399 e. The van der Waals surface area contributed by atoms with Crippen molar-refractivity contribution in [2.75, 3.05) is 5.73 Å². The van der Waals surface area contributed by atoms with E-state index in [-0.39, 0.29) is 23.1 Å². The van der Waals surface area contributed by atoms with Crippen LogP contribution in [0.15, 0.2) is 188 Å². The van der Waals surface area contributed by atoms with Crippen LogP contribution in [-0.4, -0.2) is 42.2 Å². The number of nitrogens with one attached hydrogen (secondary N) is 2. The third-order valence-corrected chi connectivity index (χ3v) is 21.0. The van der Waals surface area contributed by atoms with Crippen LogP contribution in [0.4, 0.5) is 5.69 Å². The first kappa shape index (κ1) is 76.3. The minimum atomic E-state index is -0.530. The lowest BCUT2D eigenvalue weighted by Crippen LogP contribution is -2.28. The number of fused-ring (bicyclic) bond motifs is 8. The van der Waals surface area contributed by atoms with Crippen molar-refractivity contribution in [1.82, 2.24) is 19.1 Å². The Kier molecular flexibility index (Phi) is 20.7. The second-order valence-corrected chi connectivity index (χ2v) is 37.8. The third-order valence-electron chi connectivity index (χ3n) is 21.0. The van der Waals surface area contributed by atoms with E-state index in [1.54, 1.807) is 0 Å². The van der Waals surface area contributed by atoms with Crippen molar-refractivity contribution in [3.63, 3.8) is 0 Å². The Morgan fingerprint density at radius 2 is 0.520 bits per heavy atom. The number of nitrogens with two attached hydrogens (primary N) is 1. The molecule has 9 heteroatoms. The summed E-state index contributed by atoms with van der Waals surface area (Å²) >= 11 is 0. The molecule has 540 valence electrons. The SMILES string of the molecule is CCCCCCCCCCn1c2ccc1C(=C1C=C(C(C)(C)C)C(=O)C(C(C)(C)C)=C1)c1ccc([nH]1)C(=C1C=C(C(C)(C)C)C(=O)C(C(C)(C)C)=C1)c1ccc(n1Cc1ccc(N)cc1)C(=C1C=C(C(C)(C)C)C(=O)C(C(C)(C)C)=C1)c1ccc([nH]1)C2=C1C=C(C(C)(C)C)C(=O)C(C(C)(C)C)=C1. The number of ketones is 4. The minimum absolute atomic E-state index is 0.0428. The van der Waals surface area contributed by atoms with Gasteiger partial charge in [-0.1, -0.05) is 230 Å². The third kappa shape index (κ3) is 15.6. The molecule has 0 unspecified atom stereocenters. The van der Waals surface area contributed by atoms with Crippen LogP contribution in [0, 0.1) is 43.3 Å². The van der Waals surface area contributed by atoms with E-state index in [2.05, 4.69) is 301 Å². The zero-order chi connectivity index (χ0) is 75.1. The maximum atomic E-state index is 15.2. The van der Waals surface area contributed by atoms with Gasteiger partial charge >= 0.3 is 0 Å². The molecule has 4 N–H and O–H groups in total. The molecule has 0 radical (unpaired) electrons. The van der Waals surface area contributed by atoms with E-state index in [0.29, 0.717) is 18.8 Å². The summed E-state index contributed by atoms with van der Waals surface area (Å²) in [5, 5.41) is 0. The number of allylic oxidation sites excluding steroid dienone is 20.